The number of benzene rings is 2. The van der Waals surface area contributed by atoms with Crippen molar-refractivity contribution in [3.63, 3.8) is 0 Å². The van der Waals surface area contributed by atoms with E-state index >= 15 is 0 Å². The highest BCUT2D eigenvalue weighted by atomic mass is 16.5. The molecule has 104 valence electrons. The third kappa shape index (κ3) is 3.87. The molecule has 0 fully saturated rings. The Kier molecular flexibility index (Phi) is 5.21. The number of aliphatic hydroxyl groups is 1. The zero-order valence-electron chi connectivity index (χ0n) is 11.5. The van der Waals surface area contributed by atoms with Gasteiger partial charge < -0.3 is 14.6 Å². The van der Waals surface area contributed by atoms with E-state index in [1.165, 1.54) is 0 Å². The summed E-state index contributed by atoms with van der Waals surface area (Å²) >= 11 is 0. The molecular formula is C17H18O3. The molecule has 0 atom stereocenters. The topological polar surface area (TPSA) is 38.7 Å². The maximum atomic E-state index is 9.40. The fourth-order valence-corrected chi connectivity index (χ4v) is 1.84. The van der Waals surface area contributed by atoms with Gasteiger partial charge in [-0.15, -0.1) is 0 Å². The van der Waals surface area contributed by atoms with Crippen molar-refractivity contribution < 1.29 is 14.6 Å². The maximum Gasteiger partial charge on any atom is 0.120 e. The molecule has 3 nitrogen and oxygen atoms in total. The molecule has 2 rings (SSSR count). The van der Waals surface area contributed by atoms with Gasteiger partial charge in [0.2, 0.25) is 0 Å². The van der Waals surface area contributed by atoms with Gasteiger partial charge in [-0.25, -0.2) is 0 Å². The Morgan fingerprint density at radius 3 is 2.25 bits per heavy atom. The van der Waals surface area contributed by atoms with Crippen LogP contribution in [-0.2, 0) is 0 Å². The first kappa shape index (κ1) is 14.2. The summed E-state index contributed by atoms with van der Waals surface area (Å²) in [7, 11) is 1.63. The maximum absolute atomic E-state index is 9.40. The molecule has 0 saturated heterocycles. The zero-order valence-corrected chi connectivity index (χ0v) is 11.5. The van der Waals surface area contributed by atoms with Gasteiger partial charge in [0, 0.05) is 0 Å². The molecule has 20 heavy (non-hydrogen) atoms. The number of methoxy groups -OCH3 is 1. The molecule has 0 heterocycles. The molecular weight excluding hydrogens is 252 g/mol. The minimum absolute atomic E-state index is 0.00398. The van der Waals surface area contributed by atoms with Gasteiger partial charge >= 0.3 is 0 Å². The number of aliphatic hydroxyl groups excluding tert-OH is 1. The smallest absolute Gasteiger partial charge is 0.120 e. The molecule has 0 unspecified atom stereocenters. The summed E-state index contributed by atoms with van der Waals surface area (Å²) in [6.07, 6.45) is 1.89. The van der Waals surface area contributed by atoms with Crippen LogP contribution in [0.1, 0.15) is 5.56 Å². The third-order valence-corrected chi connectivity index (χ3v) is 2.95. The second kappa shape index (κ2) is 7.36. The van der Waals surface area contributed by atoms with E-state index in [1.807, 2.05) is 60.7 Å². The molecule has 0 aliphatic rings. The van der Waals surface area contributed by atoms with E-state index in [0.29, 0.717) is 6.61 Å². The highest BCUT2D eigenvalue weighted by Gasteiger charge is 1.99. The van der Waals surface area contributed by atoms with Crippen LogP contribution < -0.4 is 9.47 Å². The highest BCUT2D eigenvalue weighted by Crippen LogP contribution is 2.18. The quantitative estimate of drug-likeness (QED) is 0.876. The number of hydrogen-bond acceptors (Lipinski definition) is 3. The number of hydrogen-bond donors (Lipinski definition) is 1. The lowest BCUT2D eigenvalue weighted by atomic mass is 10.1. The van der Waals surface area contributed by atoms with Crippen LogP contribution in [0.25, 0.3) is 5.57 Å². The molecule has 0 aliphatic carbocycles. The van der Waals surface area contributed by atoms with E-state index in [1.54, 1.807) is 7.11 Å². The molecule has 1 N–H and O–H groups in total. The van der Waals surface area contributed by atoms with E-state index < -0.39 is 0 Å². The first-order valence-electron chi connectivity index (χ1n) is 6.45. The van der Waals surface area contributed by atoms with E-state index in [0.717, 1.165) is 22.6 Å². The Balaban J connectivity index is 1.97. The molecule has 0 spiro atoms. The summed E-state index contributed by atoms with van der Waals surface area (Å²) in [4.78, 5) is 0. The van der Waals surface area contributed by atoms with Crippen molar-refractivity contribution in [2.75, 3.05) is 20.3 Å². The van der Waals surface area contributed by atoms with Crippen molar-refractivity contribution >= 4 is 5.57 Å². The van der Waals surface area contributed by atoms with Crippen LogP contribution >= 0.6 is 0 Å². The Hall–Kier alpha value is -2.26. The van der Waals surface area contributed by atoms with Crippen molar-refractivity contribution in [1.82, 2.24) is 0 Å². The van der Waals surface area contributed by atoms with Crippen molar-refractivity contribution in [1.29, 1.82) is 0 Å². The number of rotatable bonds is 6. The second-order valence-electron chi connectivity index (χ2n) is 4.24. The van der Waals surface area contributed by atoms with Crippen molar-refractivity contribution in [2.45, 2.75) is 0 Å². The normalized spacial score (nSPS) is 11.2. The zero-order chi connectivity index (χ0) is 14.2. The van der Waals surface area contributed by atoms with Crippen molar-refractivity contribution in [2.24, 2.45) is 0 Å². The average Bonchev–Trinajstić information content (AvgIpc) is 2.53. The van der Waals surface area contributed by atoms with E-state index in [9.17, 15) is 5.11 Å². The minimum Gasteiger partial charge on any atom is -0.497 e. The Morgan fingerprint density at radius 2 is 1.65 bits per heavy atom. The van der Waals surface area contributed by atoms with Crippen LogP contribution in [0.3, 0.4) is 0 Å². The summed E-state index contributed by atoms with van der Waals surface area (Å²) in [5, 5.41) is 9.40. The van der Waals surface area contributed by atoms with Crippen LogP contribution in [0, 0.1) is 0 Å². The van der Waals surface area contributed by atoms with Gasteiger partial charge in [0.15, 0.2) is 0 Å². The van der Waals surface area contributed by atoms with Crippen molar-refractivity contribution in [3.05, 3.63) is 66.2 Å². The third-order valence-electron chi connectivity index (χ3n) is 2.95. The van der Waals surface area contributed by atoms with E-state index in [-0.39, 0.29) is 6.61 Å². The Bertz CT molecular complexity index is 544. The number of ether oxygens (including phenoxy) is 2. The van der Waals surface area contributed by atoms with Crippen LogP contribution in [0.15, 0.2) is 60.7 Å². The van der Waals surface area contributed by atoms with Gasteiger partial charge in [0.05, 0.1) is 13.7 Å². The molecule has 2 aromatic carbocycles. The van der Waals surface area contributed by atoms with E-state index in [2.05, 4.69) is 0 Å². The summed E-state index contributed by atoms with van der Waals surface area (Å²) < 4.78 is 10.7. The SMILES string of the molecule is COc1ccc(OC/C=C(\CO)c2ccccc2)cc1. The lowest BCUT2D eigenvalue weighted by Crippen LogP contribution is -1.98. The summed E-state index contributed by atoms with van der Waals surface area (Å²) in [6, 6.07) is 17.2. The first-order chi connectivity index (χ1) is 9.83. The van der Waals surface area contributed by atoms with Crippen LogP contribution in [0.4, 0.5) is 0 Å². The standard InChI is InChI=1S/C17H18O3/c1-19-16-7-9-17(10-8-16)20-12-11-15(13-18)14-5-3-2-4-6-14/h2-11,18H,12-13H2,1H3/b15-11+. The monoisotopic (exact) mass is 270 g/mol. The molecule has 2 aromatic rings. The second-order valence-corrected chi connectivity index (χ2v) is 4.24. The summed E-state index contributed by atoms with van der Waals surface area (Å²) in [6.45, 7) is 0.410. The first-order valence-corrected chi connectivity index (χ1v) is 6.45. The van der Waals surface area contributed by atoms with Gasteiger partial charge in [0.25, 0.3) is 0 Å². The molecule has 0 saturated carbocycles. The van der Waals surface area contributed by atoms with Gasteiger partial charge in [-0.2, -0.15) is 0 Å². The molecule has 0 radical (unpaired) electrons. The Labute approximate surface area is 119 Å². The fourth-order valence-electron chi connectivity index (χ4n) is 1.84. The average molecular weight is 270 g/mol. The van der Waals surface area contributed by atoms with Crippen LogP contribution in [0.2, 0.25) is 0 Å². The molecule has 3 heteroatoms. The van der Waals surface area contributed by atoms with Crippen LogP contribution in [-0.4, -0.2) is 25.4 Å². The van der Waals surface area contributed by atoms with Gasteiger partial charge in [-0.1, -0.05) is 30.3 Å². The lowest BCUT2D eigenvalue weighted by molar-refractivity contribution is 0.343. The predicted octanol–water partition coefficient (Wildman–Crippen LogP) is 3.15. The highest BCUT2D eigenvalue weighted by molar-refractivity contribution is 5.66. The van der Waals surface area contributed by atoms with Gasteiger partial charge in [-0.3, -0.25) is 0 Å². The molecule has 0 amide bonds. The molecule has 0 aromatic heterocycles. The lowest BCUT2D eigenvalue weighted by Gasteiger charge is -2.07. The fraction of sp³-hybridized carbons (Fsp3) is 0.176. The predicted molar refractivity (Wildman–Crippen MR) is 80.0 cm³/mol. The van der Waals surface area contributed by atoms with Gasteiger partial charge in [-0.05, 0) is 41.5 Å². The largest absolute Gasteiger partial charge is 0.497 e. The van der Waals surface area contributed by atoms with Crippen LogP contribution in [0.5, 0.6) is 11.5 Å². The van der Waals surface area contributed by atoms with Gasteiger partial charge in [0.1, 0.15) is 18.1 Å². The minimum atomic E-state index is -0.00398. The Morgan fingerprint density at radius 1 is 1.00 bits per heavy atom. The van der Waals surface area contributed by atoms with Crippen molar-refractivity contribution in [3.8, 4) is 11.5 Å². The van der Waals surface area contributed by atoms with E-state index in [4.69, 9.17) is 9.47 Å². The summed E-state index contributed by atoms with van der Waals surface area (Å²) in [5.74, 6) is 1.57. The summed E-state index contributed by atoms with van der Waals surface area (Å²) in [5.41, 5.74) is 1.87. The molecule has 0 bridgehead atoms. The molecule has 0 aliphatic heterocycles.